The molecule has 0 fully saturated rings. The zero-order valence-electron chi connectivity index (χ0n) is 10.0. The number of hydrogen-bond acceptors (Lipinski definition) is 2. The van der Waals surface area contributed by atoms with Gasteiger partial charge in [0, 0.05) is 19.2 Å². The van der Waals surface area contributed by atoms with E-state index in [-0.39, 0.29) is 0 Å². The fourth-order valence-electron chi connectivity index (χ4n) is 1.51. The molecule has 0 saturated carbocycles. The molecule has 0 nitrogen and oxygen atoms in total. The largest absolute Gasteiger partial charge is 0.139 e. The summed E-state index contributed by atoms with van der Waals surface area (Å²) in [5.74, 6) is 0.660. The normalized spacial score (nSPS) is 12.9. The maximum atomic E-state index is 2.37. The van der Waals surface area contributed by atoms with E-state index in [1.165, 1.54) is 19.2 Å². The molecular weight excluding hydrogens is 220 g/mol. The Morgan fingerprint density at radius 3 is 2.07 bits per heavy atom. The third-order valence-electron chi connectivity index (χ3n) is 2.53. The van der Waals surface area contributed by atoms with E-state index in [0.717, 1.165) is 0 Å². The molecule has 82 valence electrons. The second-order valence-corrected chi connectivity index (χ2v) is 7.59. The minimum atomic E-state index is 0.293. The molecular formula is C13H18S2. The van der Waals surface area contributed by atoms with E-state index in [1.807, 2.05) is 22.7 Å². The Kier molecular flexibility index (Phi) is 2.68. The summed E-state index contributed by atoms with van der Waals surface area (Å²) in [5.41, 5.74) is 0.293. The summed E-state index contributed by atoms with van der Waals surface area (Å²) in [6.45, 7) is 11.4. The SMILES string of the molecule is CC(C)c1cc2sc(C(C)(C)C)cc2s1. The molecule has 0 atom stereocenters. The highest BCUT2D eigenvalue weighted by atomic mass is 32.1. The molecule has 0 aromatic carbocycles. The lowest BCUT2D eigenvalue weighted by molar-refractivity contribution is 0.604. The number of thiophene rings is 2. The Labute approximate surface area is 99.9 Å². The van der Waals surface area contributed by atoms with Gasteiger partial charge < -0.3 is 0 Å². The maximum absolute atomic E-state index is 2.37. The molecule has 0 saturated heterocycles. The van der Waals surface area contributed by atoms with Crippen LogP contribution in [-0.2, 0) is 5.41 Å². The summed E-state index contributed by atoms with van der Waals surface area (Å²) in [4.78, 5) is 3.01. The molecule has 2 aromatic heterocycles. The van der Waals surface area contributed by atoms with Gasteiger partial charge in [0.25, 0.3) is 0 Å². The summed E-state index contributed by atoms with van der Waals surface area (Å²) in [6, 6.07) is 4.74. The average Bonchev–Trinajstić information content (AvgIpc) is 2.55. The van der Waals surface area contributed by atoms with Crippen LogP contribution in [0.3, 0.4) is 0 Å². The van der Waals surface area contributed by atoms with Crippen molar-refractivity contribution in [3.63, 3.8) is 0 Å². The standard InChI is InChI=1S/C13H18S2/c1-8(2)9-6-10-11(14-9)7-12(15-10)13(3,4)5/h6-8H,1-5H3. The quantitative estimate of drug-likeness (QED) is 0.625. The van der Waals surface area contributed by atoms with Gasteiger partial charge in [-0.05, 0) is 23.5 Å². The van der Waals surface area contributed by atoms with Crippen molar-refractivity contribution in [1.29, 1.82) is 0 Å². The van der Waals surface area contributed by atoms with Crippen molar-refractivity contribution in [2.75, 3.05) is 0 Å². The van der Waals surface area contributed by atoms with Gasteiger partial charge >= 0.3 is 0 Å². The van der Waals surface area contributed by atoms with Gasteiger partial charge in [-0.3, -0.25) is 0 Å². The smallest absolute Gasteiger partial charge is 0.0456 e. The highest BCUT2D eigenvalue weighted by molar-refractivity contribution is 7.27. The lowest BCUT2D eigenvalue weighted by Crippen LogP contribution is -2.07. The van der Waals surface area contributed by atoms with Gasteiger partial charge in [-0.15, -0.1) is 22.7 Å². The minimum Gasteiger partial charge on any atom is -0.139 e. The molecule has 2 heteroatoms. The predicted molar refractivity (Wildman–Crippen MR) is 72.5 cm³/mol. The first kappa shape index (κ1) is 11.2. The van der Waals surface area contributed by atoms with E-state index < -0.39 is 0 Å². The molecule has 0 N–H and O–H groups in total. The summed E-state index contributed by atoms with van der Waals surface area (Å²) < 4.78 is 2.93. The van der Waals surface area contributed by atoms with Crippen molar-refractivity contribution in [2.24, 2.45) is 0 Å². The molecule has 0 aliphatic rings. The first-order valence-electron chi connectivity index (χ1n) is 5.41. The third-order valence-corrected chi connectivity index (χ3v) is 5.55. The fraction of sp³-hybridized carbons (Fsp3) is 0.538. The van der Waals surface area contributed by atoms with Gasteiger partial charge in [0.05, 0.1) is 0 Å². The highest BCUT2D eigenvalue weighted by Crippen LogP contribution is 2.40. The molecule has 15 heavy (non-hydrogen) atoms. The van der Waals surface area contributed by atoms with Crippen LogP contribution in [0, 0.1) is 0 Å². The van der Waals surface area contributed by atoms with Gasteiger partial charge in [-0.1, -0.05) is 34.6 Å². The van der Waals surface area contributed by atoms with Crippen LogP contribution in [0.15, 0.2) is 12.1 Å². The van der Waals surface area contributed by atoms with E-state index in [0.29, 0.717) is 11.3 Å². The number of rotatable bonds is 1. The number of hydrogen-bond donors (Lipinski definition) is 0. The van der Waals surface area contributed by atoms with Gasteiger partial charge in [0.15, 0.2) is 0 Å². The van der Waals surface area contributed by atoms with Crippen LogP contribution < -0.4 is 0 Å². The van der Waals surface area contributed by atoms with Crippen LogP contribution >= 0.6 is 22.7 Å². The van der Waals surface area contributed by atoms with Gasteiger partial charge in [0.1, 0.15) is 0 Å². The molecule has 0 aliphatic carbocycles. The molecule has 0 amide bonds. The van der Waals surface area contributed by atoms with Crippen molar-refractivity contribution in [2.45, 2.75) is 46.0 Å². The van der Waals surface area contributed by atoms with E-state index in [2.05, 4.69) is 46.8 Å². The van der Waals surface area contributed by atoms with Crippen molar-refractivity contribution in [3.8, 4) is 0 Å². The Hall–Kier alpha value is -0.340. The minimum absolute atomic E-state index is 0.293. The summed E-state index contributed by atoms with van der Waals surface area (Å²) >= 11 is 3.91. The number of fused-ring (bicyclic) bond motifs is 1. The van der Waals surface area contributed by atoms with Crippen LogP contribution in [-0.4, -0.2) is 0 Å². The fourth-order valence-corrected chi connectivity index (χ4v) is 3.98. The Bertz CT molecular complexity index is 435. The summed E-state index contributed by atoms with van der Waals surface area (Å²) in [7, 11) is 0. The lowest BCUT2D eigenvalue weighted by Gasteiger charge is -2.15. The van der Waals surface area contributed by atoms with Crippen molar-refractivity contribution >= 4 is 32.1 Å². The lowest BCUT2D eigenvalue weighted by atomic mass is 9.95. The molecule has 0 unspecified atom stereocenters. The van der Waals surface area contributed by atoms with Crippen LogP contribution in [0.1, 0.15) is 50.3 Å². The van der Waals surface area contributed by atoms with Gasteiger partial charge in [-0.25, -0.2) is 0 Å². The zero-order valence-corrected chi connectivity index (χ0v) is 11.7. The van der Waals surface area contributed by atoms with Gasteiger partial charge in [-0.2, -0.15) is 0 Å². The topological polar surface area (TPSA) is 0 Å². The Morgan fingerprint density at radius 1 is 1.00 bits per heavy atom. The predicted octanol–water partition coefficient (Wildman–Crippen LogP) is 5.38. The van der Waals surface area contributed by atoms with Crippen molar-refractivity contribution in [3.05, 3.63) is 21.9 Å². The first-order valence-corrected chi connectivity index (χ1v) is 7.05. The zero-order chi connectivity index (χ0) is 11.2. The summed E-state index contributed by atoms with van der Waals surface area (Å²) in [6.07, 6.45) is 0. The molecule has 2 rings (SSSR count). The van der Waals surface area contributed by atoms with Crippen molar-refractivity contribution < 1.29 is 0 Å². The molecule has 2 heterocycles. The molecule has 0 radical (unpaired) electrons. The first-order chi connectivity index (χ1) is 6.88. The molecule has 0 spiro atoms. The second kappa shape index (κ2) is 3.60. The molecule has 0 aliphatic heterocycles. The highest BCUT2D eigenvalue weighted by Gasteiger charge is 2.18. The van der Waals surface area contributed by atoms with Crippen LogP contribution in [0.25, 0.3) is 9.40 Å². The Balaban J connectivity index is 2.47. The molecule has 2 aromatic rings. The van der Waals surface area contributed by atoms with E-state index in [1.54, 1.807) is 0 Å². The molecule has 0 bridgehead atoms. The monoisotopic (exact) mass is 238 g/mol. The van der Waals surface area contributed by atoms with Crippen molar-refractivity contribution in [1.82, 2.24) is 0 Å². The average molecular weight is 238 g/mol. The van der Waals surface area contributed by atoms with E-state index in [4.69, 9.17) is 0 Å². The van der Waals surface area contributed by atoms with Crippen LogP contribution in [0.5, 0.6) is 0 Å². The van der Waals surface area contributed by atoms with Crippen LogP contribution in [0.4, 0.5) is 0 Å². The summed E-state index contributed by atoms with van der Waals surface area (Å²) in [5, 5.41) is 0. The third kappa shape index (κ3) is 2.11. The van der Waals surface area contributed by atoms with E-state index >= 15 is 0 Å². The van der Waals surface area contributed by atoms with Crippen LogP contribution in [0.2, 0.25) is 0 Å². The maximum Gasteiger partial charge on any atom is 0.0456 e. The van der Waals surface area contributed by atoms with Gasteiger partial charge in [0.2, 0.25) is 0 Å². The Morgan fingerprint density at radius 2 is 1.60 bits per heavy atom. The second-order valence-electron chi connectivity index (χ2n) is 5.39. The van der Waals surface area contributed by atoms with E-state index in [9.17, 15) is 0 Å².